The van der Waals surface area contributed by atoms with Crippen LogP contribution in [-0.4, -0.2) is 27.9 Å². The fourth-order valence-corrected chi connectivity index (χ4v) is 2.71. The zero-order valence-electron chi connectivity index (χ0n) is 15.7. The lowest BCUT2D eigenvalue weighted by molar-refractivity contribution is -0.123. The highest BCUT2D eigenvalue weighted by Gasteiger charge is 2.20. The number of rotatable bonds is 5. The number of esters is 1. The summed E-state index contributed by atoms with van der Waals surface area (Å²) in [4.78, 5) is 32.2. The van der Waals surface area contributed by atoms with Crippen LogP contribution in [-0.2, 0) is 9.53 Å². The molecule has 0 saturated heterocycles. The number of ether oxygens (including phenoxy) is 1. The molecule has 0 radical (unpaired) electrons. The number of para-hydroxylation sites is 1. The van der Waals surface area contributed by atoms with Crippen molar-refractivity contribution >= 4 is 29.2 Å². The average molecular weight is 398 g/mol. The van der Waals surface area contributed by atoms with E-state index in [-0.39, 0.29) is 0 Å². The van der Waals surface area contributed by atoms with Gasteiger partial charge in [0.1, 0.15) is 5.82 Å². The van der Waals surface area contributed by atoms with E-state index in [4.69, 9.17) is 16.3 Å². The van der Waals surface area contributed by atoms with E-state index in [1.54, 1.807) is 48.5 Å². The van der Waals surface area contributed by atoms with Crippen molar-refractivity contribution < 1.29 is 14.3 Å². The van der Waals surface area contributed by atoms with Gasteiger partial charge in [0.25, 0.3) is 5.91 Å². The molecule has 3 rings (SSSR count). The maximum absolute atomic E-state index is 12.3. The lowest BCUT2D eigenvalue weighted by Crippen LogP contribution is -2.30. The maximum atomic E-state index is 12.3. The third-order valence-electron chi connectivity index (χ3n) is 4.31. The van der Waals surface area contributed by atoms with Crippen molar-refractivity contribution in [2.24, 2.45) is 0 Å². The van der Waals surface area contributed by atoms with Gasteiger partial charge in [0.15, 0.2) is 6.10 Å². The molecule has 0 bridgehead atoms. The Morgan fingerprint density at radius 1 is 1.11 bits per heavy atom. The van der Waals surface area contributed by atoms with E-state index >= 15 is 0 Å². The van der Waals surface area contributed by atoms with Crippen LogP contribution in [0.15, 0.2) is 48.5 Å². The van der Waals surface area contributed by atoms with E-state index in [0.29, 0.717) is 16.3 Å². The van der Waals surface area contributed by atoms with Gasteiger partial charge in [-0.05, 0) is 45.0 Å². The van der Waals surface area contributed by atoms with E-state index in [9.17, 15) is 9.59 Å². The highest BCUT2D eigenvalue weighted by atomic mass is 35.5. The minimum atomic E-state index is -0.973. The number of aromatic nitrogens is 2. The van der Waals surface area contributed by atoms with Crippen LogP contribution in [0.4, 0.5) is 5.69 Å². The van der Waals surface area contributed by atoms with Crippen LogP contribution in [0.3, 0.4) is 0 Å². The summed E-state index contributed by atoms with van der Waals surface area (Å²) in [6.45, 7) is 5.38. The van der Waals surface area contributed by atoms with Crippen molar-refractivity contribution in [3.05, 3.63) is 70.5 Å². The number of anilines is 1. The molecule has 1 heterocycles. The summed E-state index contributed by atoms with van der Waals surface area (Å²) in [5.74, 6) is -0.304. The molecule has 3 aromatic rings. The Bertz CT molecular complexity index is 992. The van der Waals surface area contributed by atoms with Gasteiger partial charge in [-0.25, -0.2) is 9.78 Å². The number of imidazole rings is 1. The van der Waals surface area contributed by atoms with Gasteiger partial charge < -0.3 is 15.0 Å². The number of aromatic amines is 1. The van der Waals surface area contributed by atoms with Gasteiger partial charge in [-0.1, -0.05) is 35.9 Å². The van der Waals surface area contributed by atoms with Gasteiger partial charge in [0.2, 0.25) is 0 Å². The number of aryl methyl sites for hydroxylation is 2. The molecule has 1 atom stereocenters. The molecule has 2 aromatic carbocycles. The normalized spacial score (nSPS) is 11.7. The van der Waals surface area contributed by atoms with E-state index in [2.05, 4.69) is 15.3 Å². The van der Waals surface area contributed by atoms with Gasteiger partial charge in [0, 0.05) is 11.3 Å². The number of benzene rings is 2. The number of H-pyrrole nitrogens is 1. The molecule has 144 valence electrons. The number of nitrogens with zero attached hydrogens (tertiary/aromatic N) is 1. The minimum absolute atomic E-state index is 0.348. The van der Waals surface area contributed by atoms with Crippen LogP contribution < -0.4 is 5.32 Å². The summed E-state index contributed by atoms with van der Waals surface area (Å²) in [5.41, 5.74) is 3.59. The molecule has 28 heavy (non-hydrogen) atoms. The third kappa shape index (κ3) is 4.40. The summed E-state index contributed by atoms with van der Waals surface area (Å²) in [6.07, 6.45) is -0.973. The Labute approximate surface area is 167 Å². The van der Waals surface area contributed by atoms with E-state index in [1.165, 1.54) is 6.92 Å². The second-order valence-corrected chi connectivity index (χ2v) is 6.80. The lowest BCUT2D eigenvalue weighted by atomic mass is 10.1. The first-order valence-corrected chi connectivity index (χ1v) is 9.13. The molecule has 1 unspecified atom stereocenters. The molecule has 1 amide bonds. The predicted molar refractivity (Wildman–Crippen MR) is 108 cm³/mol. The summed E-state index contributed by atoms with van der Waals surface area (Å²) in [5, 5.41) is 3.06. The molecule has 7 heteroatoms. The first-order chi connectivity index (χ1) is 13.3. The number of nitrogens with one attached hydrogen (secondary N) is 2. The zero-order valence-corrected chi connectivity index (χ0v) is 16.5. The quantitative estimate of drug-likeness (QED) is 0.619. The van der Waals surface area contributed by atoms with Gasteiger partial charge in [0.05, 0.1) is 22.0 Å². The molecular weight excluding hydrogens is 378 g/mol. The van der Waals surface area contributed by atoms with Crippen LogP contribution in [0.25, 0.3) is 11.4 Å². The highest BCUT2D eigenvalue weighted by molar-refractivity contribution is 6.33. The first kappa shape index (κ1) is 19.6. The number of amides is 1. The molecule has 0 aliphatic carbocycles. The maximum Gasteiger partial charge on any atom is 0.338 e. The van der Waals surface area contributed by atoms with Crippen LogP contribution in [0, 0.1) is 13.8 Å². The SMILES string of the molecule is Cc1nc(-c2ccc(C(=O)OC(C)C(=O)Nc3ccccc3Cl)cc2)[nH]c1C. The fraction of sp³-hybridized carbons (Fsp3) is 0.190. The minimum Gasteiger partial charge on any atom is -0.449 e. The molecule has 1 aromatic heterocycles. The summed E-state index contributed by atoms with van der Waals surface area (Å²) >= 11 is 6.02. The summed E-state index contributed by atoms with van der Waals surface area (Å²) < 4.78 is 5.26. The van der Waals surface area contributed by atoms with Crippen LogP contribution >= 0.6 is 11.6 Å². The molecular formula is C21H20ClN3O3. The van der Waals surface area contributed by atoms with Crippen molar-refractivity contribution in [1.82, 2.24) is 9.97 Å². The van der Waals surface area contributed by atoms with Crippen LogP contribution in [0.5, 0.6) is 0 Å². The highest BCUT2D eigenvalue weighted by Crippen LogP contribution is 2.21. The van der Waals surface area contributed by atoms with Crippen molar-refractivity contribution in [2.45, 2.75) is 26.9 Å². The molecule has 0 spiro atoms. The van der Waals surface area contributed by atoms with Crippen molar-refractivity contribution in [3.63, 3.8) is 0 Å². The van der Waals surface area contributed by atoms with Crippen LogP contribution in [0.2, 0.25) is 5.02 Å². The molecule has 0 aliphatic heterocycles. The largest absolute Gasteiger partial charge is 0.449 e. The van der Waals surface area contributed by atoms with Crippen molar-refractivity contribution in [1.29, 1.82) is 0 Å². The Kier molecular flexibility index (Phi) is 5.80. The Morgan fingerprint density at radius 2 is 1.79 bits per heavy atom. The number of carbonyl (C=O) groups excluding carboxylic acids is 2. The van der Waals surface area contributed by atoms with Crippen molar-refractivity contribution in [2.75, 3.05) is 5.32 Å². The fourth-order valence-electron chi connectivity index (χ4n) is 2.53. The molecule has 6 nitrogen and oxygen atoms in total. The predicted octanol–water partition coefficient (Wildman–Crippen LogP) is 4.53. The Balaban J connectivity index is 1.63. The van der Waals surface area contributed by atoms with E-state index in [1.807, 2.05) is 13.8 Å². The van der Waals surface area contributed by atoms with Crippen molar-refractivity contribution in [3.8, 4) is 11.4 Å². The van der Waals surface area contributed by atoms with E-state index < -0.39 is 18.0 Å². The van der Waals surface area contributed by atoms with Gasteiger partial charge in [-0.3, -0.25) is 4.79 Å². The molecule has 0 aliphatic rings. The number of hydrogen-bond donors (Lipinski definition) is 2. The first-order valence-electron chi connectivity index (χ1n) is 8.75. The van der Waals surface area contributed by atoms with Crippen LogP contribution in [0.1, 0.15) is 28.7 Å². The van der Waals surface area contributed by atoms with Gasteiger partial charge in [-0.15, -0.1) is 0 Å². The second kappa shape index (κ2) is 8.27. The van der Waals surface area contributed by atoms with E-state index in [0.717, 1.165) is 22.8 Å². The number of halogens is 1. The summed E-state index contributed by atoms with van der Waals surface area (Å²) in [6, 6.07) is 13.7. The standard InChI is InChI=1S/C21H20ClN3O3/c1-12-13(2)24-19(23-12)15-8-10-16(11-9-15)21(27)28-14(3)20(26)25-18-7-5-4-6-17(18)22/h4-11,14H,1-3H3,(H,23,24)(H,25,26). The van der Waals surface area contributed by atoms with Gasteiger partial charge >= 0.3 is 5.97 Å². The molecule has 0 fully saturated rings. The Morgan fingerprint density at radius 3 is 2.39 bits per heavy atom. The molecule has 0 saturated carbocycles. The summed E-state index contributed by atoms with van der Waals surface area (Å²) in [7, 11) is 0. The van der Waals surface area contributed by atoms with Gasteiger partial charge in [-0.2, -0.15) is 0 Å². The Hall–Kier alpha value is -3.12. The third-order valence-corrected chi connectivity index (χ3v) is 4.64. The smallest absolute Gasteiger partial charge is 0.338 e. The average Bonchev–Trinajstić information content (AvgIpc) is 3.02. The number of carbonyl (C=O) groups is 2. The topological polar surface area (TPSA) is 84.1 Å². The lowest BCUT2D eigenvalue weighted by Gasteiger charge is -2.14. The molecule has 2 N–H and O–H groups in total. The second-order valence-electron chi connectivity index (χ2n) is 6.39. The monoisotopic (exact) mass is 397 g/mol. The zero-order chi connectivity index (χ0) is 20.3. The number of hydrogen-bond acceptors (Lipinski definition) is 4.